The molecule has 1 unspecified atom stereocenters. The maximum Gasteiger partial charge on any atom is 0.0934 e. The van der Waals surface area contributed by atoms with E-state index in [0.29, 0.717) is 6.04 Å². The minimum absolute atomic E-state index is 0.399. The van der Waals surface area contributed by atoms with E-state index in [-0.39, 0.29) is 0 Å². The molecule has 0 saturated heterocycles. The second-order valence-corrected chi connectivity index (χ2v) is 6.01. The van der Waals surface area contributed by atoms with Crippen molar-refractivity contribution in [2.75, 3.05) is 6.54 Å². The van der Waals surface area contributed by atoms with E-state index in [1.807, 2.05) is 23.7 Å². The van der Waals surface area contributed by atoms with Gasteiger partial charge in [-0.3, -0.25) is 0 Å². The van der Waals surface area contributed by atoms with Crippen molar-refractivity contribution < 1.29 is 4.42 Å². The monoisotopic (exact) mass is 285 g/mol. The van der Waals surface area contributed by atoms with E-state index in [9.17, 15) is 0 Å². The highest BCUT2D eigenvalue weighted by Gasteiger charge is 2.10. The summed E-state index contributed by atoms with van der Waals surface area (Å²) < 4.78 is 6.45. The Morgan fingerprint density at radius 1 is 1.25 bits per heavy atom. The molecule has 2 nitrogen and oxygen atoms in total. The van der Waals surface area contributed by atoms with Gasteiger partial charge < -0.3 is 9.73 Å². The molecule has 0 radical (unpaired) electrons. The van der Waals surface area contributed by atoms with E-state index in [0.717, 1.165) is 19.4 Å². The Labute approximate surface area is 123 Å². The van der Waals surface area contributed by atoms with Crippen molar-refractivity contribution in [3.63, 3.8) is 0 Å². The highest BCUT2D eigenvalue weighted by molar-refractivity contribution is 7.17. The summed E-state index contributed by atoms with van der Waals surface area (Å²) >= 11 is 1.83. The van der Waals surface area contributed by atoms with Gasteiger partial charge in [-0.15, -0.1) is 11.3 Å². The van der Waals surface area contributed by atoms with Gasteiger partial charge in [-0.1, -0.05) is 18.2 Å². The summed E-state index contributed by atoms with van der Waals surface area (Å²) in [5, 5.41) is 7.27. The van der Waals surface area contributed by atoms with E-state index in [2.05, 4.69) is 41.9 Å². The van der Waals surface area contributed by atoms with Crippen LogP contribution in [-0.4, -0.2) is 6.54 Å². The molecule has 0 fully saturated rings. The molecule has 0 amide bonds. The topological polar surface area (TPSA) is 25.2 Å². The summed E-state index contributed by atoms with van der Waals surface area (Å²) in [4.78, 5) is 0. The average Bonchev–Trinajstić information content (AvgIpc) is 3.12. The molecule has 104 valence electrons. The molecule has 1 aromatic carbocycles. The number of hydrogen-bond donors (Lipinski definition) is 1. The number of nitrogens with one attached hydrogen (secondary N) is 1. The highest BCUT2D eigenvalue weighted by Crippen LogP contribution is 2.29. The zero-order chi connectivity index (χ0) is 13.8. The number of rotatable bonds is 6. The first-order chi connectivity index (χ1) is 9.84. The van der Waals surface area contributed by atoms with Crippen LogP contribution in [0.3, 0.4) is 0 Å². The lowest BCUT2D eigenvalue weighted by molar-refractivity contribution is 0.551. The fourth-order valence-electron chi connectivity index (χ4n) is 2.49. The smallest absolute Gasteiger partial charge is 0.0934 e. The molecule has 20 heavy (non-hydrogen) atoms. The molecule has 1 atom stereocenters. The van der Waals surface area contributed by atoms with Gasteiger partial charge in [0.25, 0.3) is 0 Å². The molecule has 0 aliphatic carbocycles. The molecule has 0 spiro atoms. The number of furan rings is 1. The summed E-state index contributed by atoms with van der Waals surface area (Å²) in [6.45, 7) is 3.27. The number of benzene rings is 1. The van der Waals surface area contributed by atoms with Gasteiger partial charge in [0.2, 0.25) is 0 Å². The Morgan fingerprint density at radius 2 is 2.15 bits per heavy atom. The lowest BCUT2D eigenvalue weighted by Gasteiger charge is -2.13. The molecule has 0 bridgehead atoms. The predicted molar refractivity (Wildman–Crippen MR) is 85.3 cm³/mol. The maximum absolute atomic E-state index is 5.08. The van der Waals surface area contributed by atoms with Crippen molar-refractivity contribution in [3.05, 3.63) is 59.4 Å². The standard InChI is InChI=1S/C17H19NOS/c1-13(18-9-4-5-14-8-10-19-11-14)16-12-20-17-7-3-2-6-15(16)17/h2-3,6-8,10-13,18H,4-5,9H2,1H3. The summed E-state index contributed by atoms with van der Waals surface area (Å²) in [6.07, 6.45) is 5.77. The second-order valence-electron chi connectivity index (χ2n) is 5.10. The van der Waals surface area contributed by atoms with Gasteiger partial charge in [0.15, 0.2) is 0 Å². The molecule has 0 saturated carbocycles. The van der Waals surface area contributed by atoms with Crippen LogP contribution in [-0.2, 0) is 6.42 Å². The Kier molecular flexibility index (Phi) is 4.19. The average molecular weight is 285 g/mol. The first-order valence-electron chi connectivity index (χ1n) is 7.05. The van der Waals surface area contributed by atoms with Crippen molar-refractivity contribution in [3.8, 4) is 0 Å². The van der Waals surface area contributed by atoms with Gasteiger partial charge in [-0.25, -0.2) is 0 Å². The van der Waals surface area contributed by atoms with Crippen molar-refractivity contribution in [1.82, 2.24) is 5.32 Å². The van der Waals surface area contributed by atoms with Gasteiger partial charge >= 0.3 is 0 Å². The Hall–Kier alpha value is -1.58. The van der Waals surface area contributed by atoms with Gasteiger partial charge in [0, 0.05) is 10.7 Å². The third kappa shape index (κ3) is 2.94. The number of thiophene rings is 1. The van der Waals surface area contributed by atoms with Crippen LogP contribution in [0.25, 0.3) is 10.1 Å². The molecular weight excluding hydrogens is 266 g/mol. The third-order valence-corrected chi connectivity index (χ3v) is 4.63. The van der Waals surface area contributed by atoms with Gasteiger partial charge in [0.1, 0.15) is 0 Å². The van der Waals surface area contributed by atoms with Gasteiger partial charge in [-0.2, -0.15) is 0 Å². The fraction of sp³-hybridized carbons (Fsp3) is 0.294. The summed E-state index contributed by atoms with van der Waals surface area (Å²) in [7, 11) is 0. The predicted octanol–water partition coefficient (Wildman–Crippen LogP) is 4.78. The van der Waals surface area contributed by atoms with Crippen molar-refractivity contribution in [1.29, 1.82) is 0 Å². The van der Waals surface area contributed by atoms with Crippen LogP contribution in [0, 0.1) is 0 Å². The van der Waals surface area contributed by atoms with Gasteiger partial charge in [0.05, 0.1) is 12.5 Å². The van der Waals surface area contributed by atoms with Crippen molar-refractivity contribution in [2.24, 2.45) is 0 Å². The summed E-state index contributed by atoms with van der Waals surface area (Å²) in [5.74, 6) is 0. The zero-order valence-corrected chi connectivity index (χ0v) is 12.5. The van der Waals surface area contributed by atoms with Crippen LogP contribution in [0.1, 0.15) is 30.5 Å². The number of hydrogen-bond acceptors (Lipinski definition) is 3. The second kappa shape index (κ2) is 6.25. The molecule has 3 aromatic rings. The van der Waals surface area contributed by atoms with Crippen LogP contribution in [0.2, 0.25) is 0 Å². The number of fused-ring (bicyclic) bond motifs is 1. The fourth-order valence-corrected chi connectivity index (χ4v) is 3.54. The molecule has 2 aromatic heterocycles. The lowest BCUT2D eigenvalue weighted by atomic mass is 10.1. The highest BCUT2D eigenvalue weighted by atomic mass is 32.1. The Balaban J connectivity index is 1.55. The molecule has 0 aliphatic rings. The molecule has 1 N–H and O–H groups in total. The van der Waals surface area contributed by atoms with E-state index in [1.54, 1.807) is 6.26 Å². The molecule has 0 aliphatic heterocycles. The first-order valence-corrected chi connectivity index (χ1v) is 7.93. The lowest BCUT2D eigenvalue weighted by Crippen LogP contribution is -2.20. The van der Waals surface area contributed by atoms with Crippen LogP contribution < -0.4 is 5.32 Å². The van der Waals surface area contributed by atoms with Crippen molar-refractivity contribution >= 4 is 21.4 Å². The maximum atomic E-state index is 5.08. The Morgan fingerprint density at radius 3 is 3.00 bits per heavy atom. The van der Waals surface area contributed by atoms with Crippen LogP contribution in [0.5, 0.6) is 0 Å². The normalized spacial score (nSPS) is 12.8. The molecule has 3 heteroatoms. The third-order valence-electron chi connectivity index (χ3n) is 3.65. The van der Waals surface area contributed by atoms with Crippen LogP contribution >= 0.6 is 11.3 Å². The summed E-state index contributed by atoms with van der Waals surface area (Å²) in [6, 6.07) is 11.1. The first kappa shape index (κ1) is 13.4. The van der Waals surface area contributed by atoms with Crippen molar-refractivity contribution in [2.45, 2.75) is 25.8 Å². The zero-order valence-electron chi connectivity index (χ0n) is 11.6. The van der Waals surface area contributed by atoms with E-state index < -0.39 is 0 Å². The van der Waals surface area contributed by atoms with E-state index >= 15 is 0 Å². The van der Waals surface area contributed by atoms with Crippen LogP contribution in [0.15, 0.2) is 52.7 Å². The van der Waals surface area contributed by atoms with Gasteiger partial charge in [-0.05, 0) is 60.3 Å². The minimum atomic E-state index is 0.399. The molecule has 3 rings (SSSR count). The molecule has 2 heterocycles. The quantitative estimate of drug-likeness (QED) is 0.659. The van der Waals surface area contributed by atoms with E-state index in [4.69, 9.17) is 4.42 Å². The SMILES string of the molecule is CC(NCCCc1ccoc1)c1csc2ccccc12. The van der Waals surface area contributed by atoms with E-state index in [1.165, 1.54) is 21.2 Å². The summed E-state index contributed by atoms with van der Waals surface area (Å²) in [5.41, 5.74) is 2.69. The largest absolute Gasteiger partial charge is 0.472 e. The minimum Gasteiger partial charge on any atom is -0.472 e. The Bertz CT molecular complexity index is 657. The van der Waals surface area contributed by atoms with Crippen LogP contribution in [0.4, 0.5) is 0 Å². The number of aryl methyl sites for hydroxylation is 1. The molecular formula is C17H19NOS.